The smallest absolute Gasteiger partial charge is 0.249 e. The lowest BCUT2D eigenvalue weighted by molar-refractivity contribution is -0.132. The van der Waals surface area contributed by atoms with Gasteiger partial charge in [0, 0.05) is 11.8 Å². The number of amides is 1. The van der Waals surface area contributed by atoms with Gasteiger partial charge in [-0.1, -0.05) is 6.07 Å². The lowest BCUT2D eigenvalue weighted by Crippen LogP contribution is -2.34. The van der Waals surface area contributed by atoms with Gasteiger partial charge in [-0.15, -0.1) is 0 Å². The minimum atomic E-state index is -1.84. The minimum Gasteiger partial charge on any atom is -0.385 e. The monoisotopic (exact) mass is 200 g/mol. The first kappa shape index (κ1) is 10.6. The first-order valence-corrected chi connectivity index (χ1v) is 3.80. The Balaban J connectivity index is 2.94. The quantitative estimate of drug-likeness (QED) is 0.551. The average molecular weight is 200 g/mol. The molecule has 0 spiro atoms. The van der Waals surface area contributed by atoms with E-state index >= 15 is 0 Å². The largest absolute Gasteiger partial charge is 0.385 e. The summed E-state index contributed by atoms with van der Waals surface area (Å²) in [6, 6.07) is 2.58. The zero-order valence-corrected chi connectivity index (χ0v) is 7.09. The molecule has 0 aliphatic heterocycles. The van der Waals surface area contributed by atoms with Gasteiger partial charge in [0.15, 0.2) is 6.10 Å². The third kappa shape index (κ3) is 2.04. The van der Waals surface area contributed by atoms with Gasteiger partial charge in [0.1, 0.15) is 6.10 Å². The summed E-state index contributed by atoms with van der Waals surface area (Å²) >= 11 is 0. The molecular formula is C8H9FN2O3. The summed E-state index contributed by atoms with van der Waals surface area (Å²) in [6.07, 6.45) is -2.35. The third-order valence-electron chi connectivity index (χ3n) is 1.70. The lowest BCUT2D eigenvalue weighted by Gasteiger charge is -2.14. The highest BCUT2D eigenvalue weighted by atomic mass is 19.1. The number of halogens is 1. The summed E-state index contributed by atoms with van der Waals surface area (Å²) in [5.41, 5.74) is 4.47. The minimum absolute atomic E-state index is 0.265. The Bertz CT molecular complexity index is 345. The standard InChI is InChI=1S/C8H9FN2O3/c9-7-4(2-1-3-11-7)5(12)6(13)8(10)14/h1-3,5-6,12-13H,(H2,10,14). The first-order chi connectivity index (χ1) is 6.54. The van der Waals surface area contributed by atoms with E-state index in [1.807, 2.05) is 0 Å². The highest BCUT2D eigenvalue weighted by Crippen LogP contribution is 2.18. The van der Waals surface area contributed by atoms with Crippen LogP contribution in [0, 0.1) is 5.95 Å². The van der Waals surface area contributed by atoms with Crippen LogP contribution in [0.25, 0.3) is 0 Å². The molecule has 0 bridgehead atoms. The van der Waals surface area contributed by atoms with E-state index in [0.717, 1.165) is 0 Å². The number of hydrogen-bond donors (Lipinski definition) is 3. The van der Waals surface area contributed by atoms with Gasteiger partial charge < -0.3 is 15.9 Å². The van der Waals surface area contributed by atoms with E-state index < -0.39 is 24.1 Å². The summed E-state index contributed by atoms with van der Waals surface area (Å²) in [5.74, 6) is -2.07. The number of nitrogens with two attached hydrogens (primary N) is 1. The predicted octanol–water partition coefficient (Wildman–Crippen LogP) is -0.900. The number of aliphatic hydroxyl groups is 2. The molecule has 1 aromatic rings. The molecule has 0 saturated carbocycles. The Morgan fingerprint density at radius 2 is 2.21 bits per heavy atom. The fourth-order valence-corrected chi connectivity index (χ4v) is 0.945. The molecule has 5 nitrogen and oxygen atoms in total. The maximum absolute atomic E-state index is 12.9. The fourth-order valence-electron chi connectivity index (χ4n) is 0.945. The van der Waals surface area contributed by atoms with Crippen LogP contribution in [0.15, 0.2) is 18.3 Å². The van der Waals surface area contributed by atoms with Gasteiger partial charge in [-0.2, -0.15) is 4.39 Å². The van der Waals surface area contributed by atoms with Crippen LogP contribution >= 0.6 is 0 Å². The lowest BCUT2D eigenvalue weighted by atomic mass is 10.1. The van der Waals surface area contributed by atoms with Crippen LogP contribution < -0.4 is 5.73 Å². The summed E-state index contributed by atoms with van der Waals surface area (Å²) < 4.78 is 12.9. The number of rotatable bonds is 3. The second-order valence-electron chi connectivity index (χ2n) is 2.68. The highest BCUT2D eigenvalue weighted by molar-refractivity contribution is 5.79. The van der Waals surface area contributed by atoms with Gasteiger partial charge in [0.2, 0.25) is 11.9 Å². The molecule has 0 aliphatic carbocycles. The second-order valence-corrected chi connectivity index (χ2v) is 2.68. The molecular weight excluding hydrogens is 191 g/mol. The Kier molecular flexibility index (Phi) is 3.10. The van der Waals surface area contributed by atoms with Crippen LogP contribution in [0.3, 0.4) is 0 Å². The first-order valence-electron chi connectivity index (χ1n) is 3.80. The predicted molar refractivity (Wildman–Crippen MR) is 44.4 cm³/mol. The van der Waals surface area contributed by atoms with E-state index in [1.165, 1.54) is 18.3 Å². The van der Waals surface area contributed by atoms with E-state index in [0.29, 0.717) is 0 Å². The molecule has 2 atom stereocenters. The number of nitrogens with zero attached hydrogens (tertiary/aromatic N) is 1. The van der Waals surface area contributed by atoms with E-state index in [4.69, 9.17) is 10.8 Å². The van der Waals surface area contributed by atoms with Crippen LogP contribution in [-0.4, -0.2) is 27.2 Å². The van der Waals surface area contributed by atoms with Crippen molar-refractivity contribution in [3.05, 3.63) is 29.8 Å². The van der Waals surface area contributed by atoms with Crippen molar-refractivity contribution in [2.24, 2.45) is 5.73 Å². The van der Waals surface area contributed by atoms with Crippen LogP contribution in [0.1, 0.15) is 11.7 Å². The van der Waals surface area contributed by atoms with E-state index in [2.05, 4.69) is 4.98 Å². The molecule has 2 unspecified atom stereocenters. The number of primary amides is 1. The molecule has 0 saturated heterocycles. The molecule has 0 aliphatic rings. The molecule has 0 aromatic carbocycles. The molecule has 1 heterocycles. The molecule has 6 heteroatoms. The maximum Gasteiger partial charge on any atom is 0.249 e. The number of aromatic nitrogens is 1. The van der Waals surface area contributed by atoms with Crippen molar-refractivity contribution in [1.29, 1.82) is 0 Å². The molecule has 4 N–H and O–H groups in total. The SMILES string of the molecule is NC(=O)C(O)C(O)c1cccnc1F. The van der Waals surface area contributed by atoms with Gasteiger partial charge in [-0.05, 0) is 6.07 Å². The molecule has 1 rings (SSSR count). The van der Waals surface area contributed by atoms with Gasteiger partial charge in [-0.3, -0.25) is 4.79 Å². The van der Waals surface area contributed by atoms with Gasteiger partial charge >= 0.3 is 0 Å². The zero-order valence-electron chi connectivity index (χ0n) is 7.09. The summed E-state index contributed by atoms with van der Waals surface area (Å²) in [7, 11) is 0. The summed E-state index contributed by atoms with van der Waals surface area (Å²) in [5, 5.41) is 18.4. The Hall–Kier alpha value is -1.53. The van der Waals surface area contributed by atoms with Crippen molar-refractivity contribution < 1.29 is 19.4 Å². The average Bonchev–Trinajstić information content (AvgIpc) is 2.16. The highest BCUT2D eigenvalue weighted by Gasteiger charge is 2.25. The summed E-state index contributed by atoms with van der Waals surface area (Å²) in [6.45, 7) is 0. The number of pyridine rings is 1. The Morgan fingerprint density at radius 1 is 1.57 bits per heavy atom. The number of hydrogen-bond acceptors (Lipinski definition) is 4. The van der Waals surface area contributed by atoms with Crippen molar-refractivity contribution in [3.63, 3.8) is 0 Å². The second kappa shape index (κ2) is 4.12. The van der Waals surface area contributed by atoms with Crippen LogP contribution in [0.2, 0.25) is 0 Å². The van der Waals surface area contributed by atoms with Crippen molar-refractivity contribution in [1.82, 2.24) is 4.98 Å². The zero-order chi connectivity index (χ0) is 10.7. The van der Waals surface area contributed by atoms with Crippen LogP contribution in [0.4, 0.5) is 4.39 Å². The number of carbonyl (C=O) groups is 1. The third-order valence-corrected chi connectivity index (χ3v) is 1.70. The van der Waals surface area contributed by atoms with Crippen molar-refractivity contribution >= 4 is 5.91 Å². The van der Waals surface area contributed by atoms with Gasteiger partial charge in [0.05, 0.1) is 0 Å². The topological polar surface area (TPSA) is 96.4 Å². The van der Waals surface area contributed by atoms with E-state index in [1.54, 1.807) is 0 Å². The van der Waals surface area contributed by atoms with Crippen molar-refractivity contribution in [3.8, 4) is 0 Å². The molecule has 1 aromatic heterocycles. The van der Waals surface area contributed by atoms with Gasteiger partial charge in [-0.25, -0.2) is 4.98 Å². The van der Waals surface area contributed by atoms with Gasteiger partial charge in [0.25, 0.3) is 0 Å². The molecule has 0 fully saturated rings. The molecule has 76 valence electrons. The summed E-state index contributed by atoms with van der Waals surface area (Å²) in [4.78, 5) is 13.7. The van der Waals surface area contributed by atoms with Crippen LogP contribution in [-0.2, 0) is 4.79 Å². The van der Waals surface area contributed by atoms with E-state index in [9.17, 15) is 14.3 Å². The van der Waals surface area contributed by atoms with Crippen LogP contribution in [0.5, 0.6) is 0 Å². The number of carbonyl (C=O) groups excluding carboxylic acids is 1. The maximum atomic E-state index is 12.9. The van der Waals surface area contributed by atoms with Crippen molar-refractivity contribution in [2.75, 3.05) is 0 Å². The van der Waals surface area contributed by atoms with E-state index in [-0.39, 0.29) is 5.56 Å². The van der Waals surface area contributed by atoms with Crippen molar-refractivity contribution in [2.45, 2.75) is 12.2 Å². The molecule has 1 amide bonds. The number of aliphatic hydroxyl groups excluding tert-OH is 2. The Morgan fingerprint density at radius 3 is 2.71 bits per heavy atom. The molecule has 14 heavy (non-hydrogen) atoms. The molecule has 0 radical (unpaired) electrons. The Labute approximate surface area is 79.0 Å². The fraction of sp³-hybridized carbons (Fsp3) is 0.250. The normalized spacial score (nSPS) is 14.8.